The fraction of sp³-hybridized carbons (Fsp3) is 0.750. The van der Waals surface area contributed by atoms with Crippen LogP contribution >= 0.6 is 0 Å². The molecule has 5 nitrogen and oxygen atoms in total. The van der Waals surface area contributed by atoms with Crippen LogP contribution in [0.4, 0.5) is 4.79 Å². The van der Waals surface area contributed by atoms with Crippen LogP contribution in [0.5, 0.6) is 0 Å². The van der Waals surface area contributed by atoms with Gasteiger partial charge in [-0.3, -0.25) is 4.79 Å². The van der Waals surface area contributed by atoms with Gasteiger partial charge < -0.3 is 14.2 Å². The summed E-state index contributed by atoms with van der Waals surface area (Å²) in [6, 6.07) is 0. The van der Waals surface area contributed by atoms with Crippen molar-refractivity contribution in [3.8, 4) is 0 Å². The lowest BCUT2D eigenvalue weighted by Gasteiger charge is -2.04. The zero-order valence-corrected chi connectivity index (χ0v) is 7.87. The Morgan fingerprint density at radius 3 is 2.15 bits per heavy atom. The molecule has 0 heterocycles. The van der Waals surface area contributed by atoms with Gasteiger partial charge in [-0.25, -0.2) is 4.79 Å². The molecule has 0 N–H and O–H groups in total. The van der Waals surface area contributed by atoms with E-state index < -0.39 is 6.16 Å². The van der Waals surface area contributed by atoms with E-state index in [0.29, 0.717) is 6.42 Å². The van der Waals surface area contributed by atoms with Gasteiger partial charge >= 0.3 is 12.1 Å². The standard InChI is InChI=1S/C8H14O5/c1-3-7(9)12-5-6-13-8(10)11-4-2/h3-6H2,1-2H3. The van der Waals surface area contributed by atoms with E-state index in [2.05, 4.69) is 14.2 Å². The summed E-state index contributed by atoms with van der Waals surface area (Å²) in [6.07, 6.45) is -0.422. The summed E-state index contributed by atoms with van der Waals surface area (Å²) in [5.41, 5.74) is 0. The van der Waals surface area contributed by atoms with Crippen LogP contribution in [0.15, 0.2) is 0 Å². The highest BCUT2D eigenvalue weighted by molar-refractivity contribution is 5.68. The monoisotopic (exact) mass is 190 g/mol. The number of hydrogen-bond acceptors (Lipinski definition) is 5. The summed E-state index contributed by atoms with van der Waals surface area (Å²) in [5.74, 6) is -0.313. The SMILES string of the molecule is CCOC(=O)OCCOC(=O)CC. The van der Waals surface area contributed by atoms with E-state index in [4.69, 9.17) is 0 Å². The molecule has 0 aliphatic rings. The van der Waals surface area contributed by atoms with Gasteiger partial charge in [-0.2, -0.15) is 0 Å². The highest BCUT2D eigenvalue weighted by atomic mass is 16.7. The van der Waals surface area contributed by atoms with Gasteiger partial charge in [0.25, 0.3) is 0 Å². The van der Waals surface area contributed by atoms with E-state index in [1.807, 2.05) is 0 Å². The molecule has 0 saturated heterocycles. The number of rotatable bonds is 5. The zero-order valence-electron chi connectivity index (χ0n) is 7.87. The summed E-state index contributed by atoms with van der Waals surface area (Å²) in [6.45, 7) is 3.75. The maximum atomic E-state index is 10.6. The van der Waals surface area contributed by atoms with E-state index in [0.717, 1.165) is 0 Å². The second-order valence-corrected chi connectivity index (χ2v) is 2.11. The number of ether oxygens (including phenoxy) is 3. The predicted octanol–water partition coefficient (Wildman–Crippen LogP) is 1.11. The quantitative estimate of drug-likeness (QED) is 0.480. The summed E-state index contributed by atoms with van der Waals surface area (Å²) in [7, 11) is 0. The number of carbonyl (C=O) groups is 2. The van der Waals surface area contributed by atoms with Crippen molar-refractivity contribution >= 4 is 12.1 Å². The molecule has 0 aromatic carbocycles. The number of hydrogen-bond donors (Lipinski definition) is 0. The zero-order chi connectivity index (χ0) is 10.1. The molecule has 0 aliphatic carbocycles. The summed E-state index contributed by atoms with van der Waals surface area (Å²) in [4.78, 5) is 21.2. The summed E-state index contributed by atoms with van der Waals surface area (Å²) in [5, 5.41) is 0. The fourth-order valence-electron chi connectivity index (χ4n) is 0.542. The van der Waals surface area contributed by atoms with Gasteiger partial charge in [0, 0.05) is 6.42 Å². The van der Waals surface area contributed by atoms with Gasteiger partial charge in [-0.15, -0.1) is 0 Å². The molecule has 5 heteroatoms. The van der Waals surface area contributed by atoms with Crippen molar-refractivity contribution in [2.45, 2.75) is 20.3 Å². The Bertz CT molecular complexity index is 166. The van der Waals surface area contributed by atoms with Gasteiger partial charge in [-0.05, 0) is 6.92 Å². The first-order valence-corrected chi connectivity index (χ1v) is 4.15. The molecule has 13 heavy (non-hydrogen) atoms. The first-order chi connectivity index (χ1) is 6.20. The van der Waals surface area contributed by atoms with Crippen molar-refractivity contribution in [3.63, 3.8) is 0 Å². The lowest BCUT2D eigenvalue weighted by atomic mass is 10.5. The molecule has 0 aromatic heterocycles. The maximum absolute atomic E-state index is 10.6. The normalized spacial score (nSPS) is 9.08. The highest BCUT2D eigenvalue weighted by Crippen LogP contribution is 1.87. The smallest absolute Gasteiger partial charge is 0.462 e. The summed E-state index contributed by atoms with van der Waals surface area (Å²) < 4.78 is 13.7. The number of esters is 1. The Morgan fingerprint density at radius 1 is 1.00 bits per heavy atom. The molecule has 0 bridgehead atoms. The summed E-state index contributed by atoms with van der Waals surface area (Å²) >= 11 is 0. The van der Waals surface area contributed by atoms with E-state index in [9.17, 15) is 9.59 Å². The average Bonchev–Trinajstić information content (AvgIpc) is 2.12. The van der Waals surface area contributed by atoms with Crippen molar-refractivity contribution in [3.05, 3.63) is 0 Å². The van der Waals surface area contributed by atoms with Crippen molar-refractivity contribution in [2.24, 2.45) is 0 Å². The first kappa shape index (κ1) is 11.7. The Kier molecular flexibility index (Phi) is 6.68. The molecule has 0 fully saturated rings. The van der Waals surface area contributed by atoms with Crippen molar-refractivity contribution < 1.29 is 23.8 Å². The van der Waals surface area contributed by atoms with Crippen LogP contribution in [-0.2, 0) is 19.0 Å². The van der Waals surface area contributed by atoms with Crippen molar-refractivity contribution in [2.75, 3.05) is 19.8 Å². The maximum Gasteiger partial charge on any atom is 0.508 e. The molecule has 0 spiro atoms. The van der Waals surface area contributed by atoms with Crippen LogP contribution in [0.25, 0.3) is 0 Å². The Labute approximate surface area is 77.0 Å². The van der Waals surface area contributed by atoms with E-state index in [1.54, 1.807) is 13.8 Å². The molecular weight excluding hydrogens is 176 g/mol. The molecule has 0 aliphatic heterocycles. The minimum absolute atomic E-state index is 0.0323. The average molecular weight is 190 g/mol. The topological polar surface area (TPSA) is 61.8 Å². The lowest BCUT2D eigenvalue weighted by Crippen LogP contribution is -2.14. The van der Waals surface area contributed by atoms with Crippen molar-refractivity contribution in [1.82, 2.24) is 0 Å². The third kappa shape index (κ3) is 7.11. The third-order valence-electron chi connectivity index (χ3n) is 1.12. The minimum atomic E-state index is -0.741. The van der Waals surface area contributed by atoms with E-state index in [1.165, 1.54) is 0 Å². The van der Waals surface area contributed by atoms with Crippen LogP contribution in [0, 0.1) is 0 Å². The van der Waals surface area contributed by atoms with Crippen LogP contribution in [-0.4, -0.2) is 31.9 Å². The minimum Gasteiger partial charge on any atom is -0.462 e. The van der Waals surface area contributed by atoms with Gasteiger partial charge in [0.2, 0.25) is 0 Å². The Morgan fingerprint density at radius 2 is 1.62 bits per heavy atom. The van der Waals surface area contributed by atoms with Gasteiger partial charge in [0.05, 0.1) is 6.61 Å². The highest BCUT2D eigenvalue weighted by Gasteiger charge is 2.02. The molecule has 0 radical (unpaired) electrons. The van der Waals surface area contributed by atoms with Crippen LogP contribution < -0.4 is 0 Å². The molecule has 0 aromatic rings. The second kappa shape index (κ2) is 7.39. The predicted molar refractivity (Wildman–Crippen MR) is 44.2 cm³/mol. The fourth-order valence-corrected chi connectivity index (χ4v) is 0.542. The van der Waals surface area contributed by atoms with Gasteiger partial charge in [0.1, 0.15) is 13.2 Å². The molecule has 0 rings (SSSR count). The van der Waals surface area contributed by atoms with E-state index >= 15 is 0 Å². The largest absolute Gasteiger partial charge is 0.508 e. The van der Waals surface area contributed by atoms with Gasteiger partial charge in [0.15, 0.2) is 0 Å². The molecule has 0 saturated carbocycles. The van der Waals surface area contributed by atoms with E-state index in [-0.39, 0.29) is 25.8 Å². The molecule has 0 amide bonds. The van der Waals surface area contributed by atoms with Crippen LogP contribution in [0.1, 0.15) is 20.3 Å². The lowest BCUT2D eigenvalue weighted by molar-refractivity contribution is -0.144. The second-order valence-electron chi connectivity index (χ2n) is 2.11. The first-order valence-electron chi connectivity index (χ1n) is 4.15. The Balaban J connectivity index is 3.25. The van der Waals surface area contributed by atoms with Gasteiger partial charge in [-0.1, -0.05) is 6.92 Å². The molecule has 76 valence electrons. The Hall–Kier alpha value is -1.26. The van der Waals surface area contributed by atoms with Crippen LogP contribution in [0.2, 0.25) is 0 Å². The molecular formula is C8H14O5. The third-order valence-corrected chi connectivity index (χ3v) is 1.12. The number of carbonyl (C=O) groups excluding carboxylic acids is 2. The molecule has 0 unspecified atom stereocenters. The van der Waals surface area contributed by atoms with Crippen LogP contribution in [0.3, 0.4) is 0 Å². The molecule has 0 atom stereocenters. The van der Waals surface area contributed by atoms with Crippen molar-refractivity contribution in [1.29, 1.82) is 0 Å².